The maximum atomic E-state index is 7.56. The summed E-state index contributed by atoms with van der Waals surface area (Å²) < 4.78 is 0. The molecule has 0 saturated carbocycles. The molecule has 3 N–H and O–H groups in total. The molecule has 0 spiro atoms. The first-order chi connectivity index (χ1) is 10.1. The molecule has 106 valence electrons. The van der Waals surface area contributed by atoms with Gasteiger partial charge in [0.05, 0.1) is 11.7 Å². The average Bonchev–Trinajstić information content (AvgIpc) is 2.97. The minimum Gasteiger partial charge on any atom is -0.384 e. The van der Waals surface area contributed by atoms with E-state index in [1.807, 2.05) is 59.8 Å². The fourth-order valence-corrected chi connectivity index (χ4v) is 2.57. The van der Waals surface area contributed by atoms with Crippen LogP contribution in [0.1, 0.15) is 23.6 Å². The standard InChI is InChI=1S/C16H15ClN4/c17-13-4-6-14(7-5-13)21-15(8-9-20-21)11-2-1-3-12(10-11)16(18)19/h1-7,9-10,15H,8H2,(H3,18,19). The van der Waals surface area contributed by atoms with Gasteiger partial charge in [0.1, 0.15) is 5.84 Å². The second kappa shape index (κ2) is 5.58. The fourth-order valence-electron chi connectivity index (χ4n) is 2.45. The van der Waals surface area contributed by atoms with Gasteiger partial charge in [0.15, 0.2) is 0 Å². The molecule has 1 heterocycles. The third-order valence-corrected chi connectivity index (χ3v) is 3.76. The van der Waals surface area contributed by atoms with E-state index in [1.165, 1.54) is 0 Å². The number of nitrogens with one attached hydrogen (secondary N) is 1. The van der Waals surface area contributed by atoms with E-state index in [4.69, 9.17) is 22.7 Å². The number of nitrogens with two attached hydrogens (primary N) is 1. The van der Waals surface area contributed by atoms with Gasteiger partial charge >= 0.3 is 0 Å². The summed E-state index contributed by atoms with van der Waals surface area (Å²) in [5.74, 6) is 0.0776. The lowest BCUT2D eigenvalue weighted by Crippen LogP contribution is -2.19. The molecule has 2 aromatic carbocycles. The van der Waals surface area contributed by atoms with Crippen molar-refractivity contribution in [1.82, 2.24) is 0 Å². The molecule has 0 aromatic heterocycles. The Balaban J connectivity index is 1.93. The van der Waals surface area contributed by atoms with E-state index in [1.54, 1.807) is 0 Å². The quantitative estimate of drug-likeness (QED) is 0.672. The Bertz CT molecular complexity index is 694. The van der Waals surface area contributed by atoms with Crippen molar-refractivity contribution in [3.63, 3.8) is 0 Å². The summed E-state index contributed by atoms with van der Waals surface area (Å²) in [7, 11) is 0. The topological polar surface area (TPSA) is 65.5 Å². The summed E-state index contributed by atoms with van der Waals surface area (Å²) in [6, 6.07) is 15.5. The molecule has 3 rings (SSSR count). The molecule has 21 heavy (non-hydrogen) atoms. The second-order valence-electron chi connectivity index (χ2n) is 4.91. The Labute approximate surface area is 128 Å². The van der Waals surface area contributed by atoms with Crippen LogP contribution in [-0.4, -0.2) is 12.1 Å². The number of hydrazone groups is 1. The number of hydrogen-bond donors (Lipinski definition) is 2. The number of anilines is 1. The lowest BCUT2D eigenvalue weighted by molar-refractivity contribution is 0.709. The molecular formula is C16H15ClN4. The molecule has 1 unspecified atom stereocenters. The third kappa shape index (κ3) is 2.76. The van der Waals surface area contributed by atoms with Gasteiger partial charge in [-0.3, -0.25) is 10.4 Å². The molecule has 0 radical (unpaired) electrons. The molecule has 1 aliphatic rings. The molecule has 2 aromatic rings. The van der Waals surface area contributed by atoms with E-state index in [-0.39, 0.29) is 11.9 Å². The number of hydrogen-bond acceptors (Lipinski definition) is 3. The van der Waals surface area contributed by atoms with Crippen LogP contribution in [-0.2, 0) is 0 Å². The molecular weight excluding hydrogens is 284 g/mol. The van der Waals surface area contributed by atoms with Gasteiger partial charge in [-0.1, -0.05) is 29.8 Å². The molecule has 0 bridgehead atoms. The lowest BCUT2D eigenvalue weighted by atomic mass is 10.0. The summed E-state index contributed by atoms with van der Waals surface area (Å²) in [6.45, 7) is 0. The van der Waals surface area contributed by atoms with Gasteiger partial charge in [-0.15, -0.1) is 0 Å². The van der Waals surface area contributed by atoms with Crippen molar-refractivity contribution in [2.45, 2.75) is 12.5 Å². The summed E-state index contributed by atoms with van der Waals surface area (Å²) in [6.07, 6.45) is 2.73. The monoisotopic (exact) mass is 298 g/mol. The minimum absolute atomic E-state index is 0.0776. The van der Waals surface area contributed by atoms with Crippen LogP contribution < -0.4 is 10.7 Å². The van der Waals surface area contributed by atoms with Crippen molar-refractivity contribution in [3.05, 3.63) is 64.7 Å². The van der Waals surface area contributed by atoms with Crippen LogP contribution in [0, 0.1) is 5.41 Å². The Morgan fingerprint density at radius 3 is 2.71 bits per heavy atom. The van der Waals surface area contributed by atoms with Crippen LogP contribution in [0.4, 0.5) is 5.69 Å². The largest absolute Gasteiger partial charge is 0.384 e. The van der Waals surface area contributed by atoms with E-state index in [0.717, 1.165) is 23.2 Å². The van der Waals surface area contributed by atoms with Crippen LogP contribution >= 0.6 is 11.6 Å². The number of benzene rings is 2. The summed E-state index contributed by atoms with van der Waals surface area (Å²) in [5, 5.41) is 14.7. The van der Waals surface area contributed by atoms with Crippen molar-refractivity contribution in [2.75, 3.05) is 5.01 Å². The first kappa shape index (κ1) is 13.6. The predicted molar refractivity (Wildman–Crippen MR) is 87.2 cm³/mol. The fraction of sp³-hybridized carbons (Fsp3) is 0.125. The lowest BCUT2D eigenvalue weighted by Gasteiger charge is -2.24. The van der Waals surface area contributed by atoms with Crippen LogP contribution in [0.2, 0.25) is 5.02 Å². The van der Waals surface area contributed by atoms with E-state index >= 15 is 0 Å². The smallest absolute Gasteiger partial charge is 0.122 e. The van der Waals surface area contributed by atoms with Gasteiger partial charge in [-0.25, -0.2) is 0 Å². The summed E-state index contributed by atoms with van der Waals surface area (Å²) >= 11 is 5.93. The van der Waals surface area contributed by atoms with E-state index < -0.39 is 0 Å². The first-order valence-electron chi connectivity index (χ1n) is 6.67. The zero-order chi connectivity index (χ0) is 14.8. The third-order valence-electron chi connectivity index (χ3n) is 3.50. The zero-order valence-electron chi connectivity index (χ0n) is 11.3. The number of rotatable bonds is 3. The Morgan fingerprint density at radius 1 is 1.24 bits per heavy atom. The highest BCUT2D eigenvalue weighted by molar-refractivity contribution is 6.30. The Hall–Kier alpha value is -2.33. The van der Waals surface area contributed by atoms with Gasteiger partial charge < -0.3 is 5.73 Å². The number of amidine groups is 1. The Morgan fingerprint density at radius 2 is 2.00 bits per heavy atom. The van der Waals surface area contributed by atoms with E-state index in [9.17, 15) is 0 Å². The van der Waals surface area contributed by atoms with Crippen molar-refractivity contribution in [1.29, 1.82) is 5.41 Å². The van der Waals surface area contributed by atoms with Crippen molar-refractivity contribution in [3.8, 4) is 0 Å². The molecule has 0 fully saturated rings. The molecule has 0 saturated heterocycles. The van der Waals surface area contributed by atoms with Crippen LogP contribution in [0.25, 0.3) is 0 Å². The molecule has 5 heteroatoms. The SMILES string of the molecule is N=C(N)c1cccc(C2CC=NN2c2ccc(Cl)cc2)c1. The van der Waals surface area contributed by atoms with Gasteiger partial charge in [0.2, 0.25) is 0 Å². The van der Waals surface area contributed by atoms with Gasteiger partial charge in [-0.05, 0) is 35.9 Å². The van der Waals surface area contributed by atoms with Gasteiger partial charge in [0.25, 0.3) is 0 Å². The normalized spacial score (nSPS) is 17.2. The van der Waals surface area contributed by atoms with E-state index in [2.05, 4.69) is 5.10 Å². The average molecular weight is 299 g/mol. The Kier molecular flexibility index (Phi) is 3.62. The highest BCUT2D eigenvalue weighted by Crippen LogP contribution is 2.33. The van der Waals surface area contributed by atoms with E-state index in [0.29, 0.717) is 5.02 Å². The highest BCUT2D eigenvalue weighted by atomic mass is 35.5. The van der Waals surface area contributed by atoms with Gasteiger partial charge in [-0.2, -0.15) is 5.10 Å². The molecule has 0 amide bonds. The van der Waals surface area contributed by atoms with Crippen LogP contribution in [0.5, 0.6) is 0 Å². The molecule has 1 atom stereocenters. The molecule has 0 aliphatic carbocycles. The first-order valence-corrected chi connectivity index (χ1v) is 7.04. The van der Waals surface area contributed by atoms with Crippen LogP contribution in [0.15, 0.2) is 53.6 Å². The number of nitrogen functional groups attached to an aromatic ring is 1. The highest BCUT2D eigenvalue weighted by Gasteiger charge is 2.24. The van der Waals surface area contributed by atoms with Crippen molar-refractivity contribution >= 4 is 29.3 Å². The molecule has 1 aliphatic heterocycles. The predicted octanol–water partition coefficient (Wildman–Crippen LogP) is 3.56. The van der Waals surface area contributed by atoms with Gasteiger partial charge in [0, 0.05) is 23.2 Å². The summed E-state index contributed by atoms with van der Waals surface area (Å²) in [5.41, 5.74) is 8.38. The molecule has 4 nitrogen and oxygen atoms in total. The second-order valence-corrected chi connectivity index (χ2v) is 5.35. The van der Waals surface area contributed by atoms with Crippen molar-refractivity contribution in [2.24, 2.45) is 10.8 Å². The zero-order valence-corrected chi connectivity index (χ0v) is 12.1. The maximum absolute atomic E-state index is 7.56. The maximum Gasteiger partial charge on any atom is 0.122 e. The van der Waals surface area contributed by atoms with Crippen molar-refractivity contribution < 1.29 is 0 Å². The van der Waals surface area contributed by atoms with Crippen LogP contribution in [0.3, 0.4) is 0 Å². The number of halogens is 1. The summed E-state index contributed by atoms with van der Waals surface area (Å²) in [4.78, 5) is 0. The minimum atomic E-state index is 0.0776. The number of nitrogens with zero attached hydrogens (tertiary/aromatic N) is 2.